The molecule has 0 bridgehead atoms. The first-order chi connectivity index (χ1) is 10.4. The molecule has 1 atom stereocenters. The van der Waals surface area contributed by atoms with Gasteiger partial charge in [0.05, 0.1) is 0 Å². The monoisotopic (exact) mass is 299 g/mol. The maximum Gasteiger partial charge on any atom is 0.191 e. The molecular formula is C17H21N3S. The average molecular weight is 299 g/mol. The second-order valence-corrected chi connectivity index (χ2v) is 7.23. The van der Waals surface area contributed by atoms with E-state index in [9.17, 15) is 0 Å². The lowest BCUT2D eigenvalue weighted by atomic mass is 9.91. The summed E-state index contributed by atoms with van der Waals surface area (Å²) in [5.74, 6) is 1.19. The van der Waals surface area contributed by atoms with Crippen molar-refractivity contribution < 1.29 is 0 Å². The normalized spacial score (nSPS) is 21.4. The predicted octanol–water partition coefficient (Wildman–Crippen LogP) is 4.17. The summed E-state index contributed by atoms with van der Waals surface area (Å²) in [7, 11) is 0. The summed E-state index contributed by atoms with van der Waals surface area (Å²) in [6.07, 6.45) is 8.70. The van der Waals surface area contributed by atoms with Gasteiger partial charge in [0.25, 0.3) is 0 Å². The summed E-state index contributed by atoms with van der Waals surface area (Å²) in [4.78, 5) is 0. The largest absolute Gasteiger partial charge is 0.306 e. The molecule has 2 aromatic rings. The number of fused-ring (bicyclic) bond motifs is 2. The van der Waals surface area contributed by atoms with E-state index < -0.39 is 0 Å². The minimum Gasteiger partial charge on any atom is -0.306 e. The van der Waals surface area contributed by atoms with Gasteiger partial charge in [-0.1, -0.05) is 42.4 Å². The highest BCUT2D eigenvalue weighted by Crippen LogP contribution is 2.43. The first-order valence-corrected chi connectivity index (χ1v) is 8.96. The molecule has 0 spiro atoms. The highest BCUT2D eigenvalue weighted by Gasteiger charge is 2.24. The molecule has 4 rings (SSSR count). The molecule has 1 aliphatic heterocycles. The van der Waals surface area contributed by atoms with Gasteiger partial charge >= 0.3 is 0 Å². The molecule has 110 valence electrons. The highest BCUT2D eigenvalue weighted by atomic mass is 32.2. The molecule has 1 aromatic heterocycles. The molecule has 0 N–H and O–H groups in total. The maximum absolute atomic E-state index is 4.48. The van der Waals surface area contributed by atoms with Crippen LogP contribution >= 0.6 is 11.8 Å². The number of thioether (sulfide) groups is 1. The SMILES string of the molecule is c1ccc2c(c1)CCC[C@H]2Sc1nnc2n1CCCCC2. The third-order valence-electron chi connectivity index (χ3n) is 4.64. The van der Waals surface area contributed by atoms with Gasteiger partial charge in [-0.3, -0.25) is 0 Å². The Hall–Kier alpha value is -1.29. The van der Waals surface area contributed by atoms with Crippen LogP contribution in [0.2, 0.25) is 0 Å². The summed E-state index contributed by atoms with van der Waals surface area (Å²) in [6, 6.07) is 8.91. The van der Waals surface area contributed by atoms with E-state index in [2.05, 4.69) is 39.0 Å². The maximum atomic E-state index is 4.48. The smallest absolute Gasteiger partial charge is 0.191 e. The van der Waals surface area contributed by atoms with E-state index >= 15 is 0 Å². The summed E-state index contributed by atoms with van der Waals surface area (Å²) in [5, 5.41) is 10.6. The molecule has 4 heteroatoms. The third-order valence-corrected chi connectivity index (χ3v) is 5.92. The number of hydrogen-bond donors (Lipinski definition) is 0. The number of aryl methyl sites for hydroxylation is 2. The van der Waals surface area contributed by atoms with Crippen molar-refractivity contribution in [2.24, 2.45) is 0 Å². The second kappa shape index (κ2) is 5.84. The fourth-order valence-electron chi connectivity index (χ4n) is 3.50. The lowest BCUT2D eigenvalue weighted by Crippen LogP contribution is -2.09. The first kappa shape index (κ1) is 13.4. The molecule has 0 amide bonds. The van der Waals surface area contributed by atoms with Crippen LogP contribution in [0, 0.1) is 0 Å². The lowest BCUT2D eigenvalue weighted by molar-refractivity contribution is 0.587. The first-order valence-electron chi connectivity index (χ1n) is 8.08. The standard InChI is InChI=1S/C17H21N3S/c1-2-11-16-18-19-17(20(16)12-5-1)21-15-10-6-8-13-7-3-4-9-14(13)15/h3-4,7,9,15H,1-2,5-6,8,10-12H2/t15-/m1/s1. The van der Waals surface area contributed by atoms with Gasteiger partial charge in [-0.25, -0.2) is 0 Å². The van der Waals surface area contributed by atoms with Crippen LogP contribution in [-0.4, -0.2) is 14.8 Å². The van der Waals surface area contributed by atoms with Crippen LogP contribution < -0.4 is 0 Å². The van der Waals surface area contributed by atoms with Crippen LogP contribution in [0.3, 0.4) is 0 Å². The minimum atomic E-state index is 0.548. The predicted molar refractivity (Wildman–Crippen MR) is 85.6 cm³/mol. The Balaban J connectivity index is 1.61. The molecule has 0 fully saturated rings. The molecule has 21 heavy (non-hydrogen) atoms. The van der Waals surface area contributed by atoms with Crippen molar-refractivity contribution >= 4 is 11.8 Å². The zero-order valence-corrected chi connectivity index (χ0v) is 13.1. The molecule has 0 saturated heterocycles. The Morgan fingerprint density at radius 1 is 1.00 bits per heavy atom. The second-order valence-electron chi connectivity index (χ2n) is 6.06. The van der Waals surface area contributed by atoms with Gasteiger partial charge in [-0.05, 0) is 43.2 Å². The summed E-state index contributed by atoms with van der Waals surface area (Å²) in [5.41, 5.74) is 3.04. The number of aromatic nitrogens is 3. The van der Waals surface area contributed by atoms with Crippen LogP contribution in [0.1, 0.15) is 54.3 Å². The molecule has 1 aromatic carbocycles. The van der Waals surface area contributed by atoms with Gasteiger partial charge in [0.15, 0.2) is 5.16 Å². The van der Waals surface area contributed by atoms with E-state index in [0.29, 0.717) is 5.25 Å². The van der Waals surface area contributed by atoms with Crippen molar-refractivity contribution in [3.8, 4) is 0 Å². The highest BCUT2D eigenvalue weighted by molar-refractivity contribution is 7.99. The molecule has 1 aliphatic carbocycles. The number of rotatable bonds is 2. The molecule has 2 aliphatic rings. The van der Waals surface area contributed by atoms with Crippen LogP contribution in [0.25, 0.3) is 0 Å². The van der Waals surface area contributed by atoms with Crippen molar-refractivity contribution in [1.29, 1.82) is 0 Å². The lowest BCUT2D eigenvalue weighted by Gasteiger charge is -2.24. The minimum absolute atomic E-state index is 0.548. The molecular weight excluding hydrogens is 278 g/mol. The van der Waals surface area contributed by atoms with Crippen molar-refractivity contribution in [2.75, 3.05) is 0 Å². The molecule has 0 unspecified atom stereocenters. The average Bonchev–Trinajstić information content (AvgIpc) is 2.75. The Kier molecular flexibility index (Phi) is 3.72. The van der Waals surface area contributed by atoms with Crippen molar-refractivity contribution in [2.45, 2.75) is 61.9 Å². The Morgan fingerprint density at radius 3 is 2.95 bits per heavy atom. The van der Waals surface area contributed by atoms with E-state index in [1.165, 1.54) is 55.5 Å². The summed E-state index contributed by atoms with van der Waals surface area (Å²) < 4.78 is 2.37. The molecule has 3 nitrogen and oxygen atoms in total. The number of benzene rings is 1. The van der Waals surface area contributed by atoms with Gasteiger partial charge in [0.1, 0.15) is 5.82 Å². The van der Waals surface area contributed by atoms with Gasteiger partial charge in [-0.2, -0.15) is 0 Å². The van der Waals surface area contributed by atoms with Gasteiger partial charge in [0, 0.05) is 18.2 Å². The summed E-state index contributed by atoms with van der Waals surface area (Å²) in [6.45, 7) is 1.10. The molecule has 0 radical (unpaired) electrons. The van der Waals surface area contributed by atoms with Gasteiger partial charge < -0.3 is 4.57 Å². The van der Waals surface area contributed by atoms with Crippen LogP contribution in [0.15, 0.2) is 29.4 Å². The van der Waals surface area contributed by atoms with Crippen molar-refractivity contribution in [1.82, 2.24) is 14.8 Å². The van der Waals surface area contributed by atoms with Crippen LogP contribution in [-0.2, 0) is 19.4 Å². The fourth-order valence-corrected chi connectivity index (χ4v) is 4.81. The van der Waals surface area contributed by atoms with E-state index in [0.717, 1.165) is 18.1 Å². The Morgan fingerprint density at radius 2 is 1.95 bits per heavy atom. The van der Waals surface area contributed by atoms with E-state index in [1.807, 2.05) is 11.8 Å². The quantitative estimate of drug-likeness (QED) is 0.833. The van der Waals surface area contributed by atoms with Crippen molar-refractivity contribution in [3.05, 3.63) is 41.2 Å². The number of nitrogens with zero attached hydrogens (tertiary/aromatic N) is 3. The van der Waals surface area contributed by atoms with E-state index in [-0.39, 0.29) is 0 Å². The number of hydrogen-bond acceptors (Lipinski definition) is 3. The van der Waals surface area contributed by atoms with E-state index in [4.69, 9.17) is 0 Å². The van der Waals surface area contributed by atoms with Crippen LogP contribution in [0.4, 0.5) is 0 Å². The van der Waals surface area contributed by atoms with Crippen molar-refractivity contribution in [3.63, 3.8) is 0 Å². The fraction of sp³-hybridized carbons (Fsp3) is 0.529. The molecule has 0 saturated carbocycles. The van der Waals surface area contributed by atoms with Gasteiger partial charge in [0.2, 0.25) is 0 Å². The topological polar surface area (TPSA) is 30.7 Å². The Bertz CT molecular complexity index is 635. The summed E-state index contributed by atoms with van der Waals surface area (Å²) >= 11 is 1.93. The van der Waals surface area contributed by atoms with E-state index in [1.54, 1.807) is 0 Å². The third kappa shape index (κ3) is 2.61. The van der Waals surface area contributed by atoms with Gasteiger partial charge in [-0.15, -0.1) is 10.2 Å². The molecule has 2 heterocycles. The van der Waals surface area contributed by atoms with Crippen LogP contribution in [0.5, 0.6) is 0 Å². The zero-order chi connectivity index (χ0) is 14.1. The zero-order valence-electron chi connectivity index (χ0n) is 12.3. The Labute approximate surface area is 130 Å².